The van der Waals surface area contributed by atoms with Gasteiger partial charge in [-0.3, -0.25) is 14.4 Å². The largest absolute Gasteiger partial charge is 0.507 e. The van der Waals surface area contributed by atoms with Gasteiger partial charge in [0.05, 0.1) is 0 Å². The lowest BCUT2D eigenvalue weighted by Gasteiger charge is -2.29. The van der Waals surface area contributed by atoms with Crippen LogP contribution in [0.5, 0.6) is 17.2 Å². The molecule has 4 aromatic rings. The standard InChI is InChI=1S/C60H87N3O12/c1-16-52(64)73-31-49(40-25-43(19-34(4)5)55(67)44(26-40)20-35(6)7)61-58(70)62(50(32-74-53(65)17-2)41-27-45(21-36(8)9)56(68)46(28-41)22-37(10)11)60(72)63(59(61)71)51(33-75-54(66)18-3)42-29-47(23-38(12)13)57(69)48(30-42)24-39(14)15/h25-30,34-39,49-51,67-69H,16-24,31-33H2,1-15H3. The normalized spacial score (nSPS) is 13.1. The zero-order chi connectivity index (χ0) is 56.2. The molecule has 3 atom stereocenters. The predicted molar refractivity (Wildman–Crippen MR) is 293 cm³/mol. The number of rotatable bonds is 27. The van der Waals surface area contributed by atoms with Gasteiger partial charge in [0.1, 0.15) is 55.2 Å². The lowest BCUT2D eigenvalue weighted by molar-refractivity contribution is -0.144. The molecular formula is C60H87N3O12. The molecule has 15 heteroatoms. The van der Waals surface area contributed by atoms with Crippen molar-refractivity contribution in [3.63, 3.8) is 0 Å². The van der Waals surface area contributed by atoms with E-state index < -0.39 is 72.9 Å². The quantitative estimate of drug-likeness (QED) is 0.0377. The van der Waals surface area contributed by atoms with Crippen LogP contribution in [0.3, 0.4) is 0 Å². The molecule has 0 radical (unpaired) electrons. The zero-order valence-corrected chi connectivity index (χ0v) is 47.5. The average molecular weight is 1040 g/mol. The number of carbonyl (C=O) groups excluding carboxylic acids is 3. The highest BCUT2D eigenvalue weighted by Gasteiger charge is 2.35. The van der Waals surface area contributed by atoms with Crippen LogP contribution in [0, 0.1) is 35.5 Å². The van der Waals surface area contributed by atoms with Crippen molar-refractivity contribution in [2.75, 3.05) is 19.8 Å². The molecule has 1 heterocycles. The van der Waals surface area contributed by atoms with Crippen LogP contribution in [-0.2, 0) is 67.1 Å². The number of ether oxygens (including phenoxy) is 3. The van der Waals surface area contributed by atoms with E-state index in [1.54, 1.807) is 57.2 Å². The lowest BCUT2D eigenvalue weighted by Crippen LogP contribution is -2.59. The van der Waals surface area contributed by atoms with Crippen LogP contribution >= 0.6 is 0 Å². The Morgan fingerprint density at radius 3 is 0.693 bits per heavy atom. The Kier molecular flexibility index (Phi) is 22.6. The monoisotopic (exact) mass is 1040 g/mol. The molecule has 0 saturated carbocycles. The number of phenolic OH excluding ortho intramolecular Hbond substituents is 3. The number of aromatic nitrogens is 3. The average Bonchev–Trinajstić information content (AvgIpc) is 3.31. The number of hydrogen-bond donors (Lipinski definition) is 3. The highest BCUT2D eigenvalue weighted by molar-refractivity contribution is 5.69. The fraction of sp³-hybridized carbons (Fsp3) is 0.600. The van der Waals surface area contributed by atoms with E-state index in [1.807, 2.05) is 83.1 Å². The molecule has 414 valence electrons. The second-order valence-corrected chi connectivity index (χ2v) is 22.8. The van der Waals surface area contributed by atoms with E-state index in [0.29, 0.717) is 88.6 Å². The first kappa shape index (κ1) is 61.4. The minimum Gasteiger partial charge on any atom is -0.507 e. The van der Waals surface area contributed by atoms with E-state index >= 15 is 14.4 Å². The minimum absolute atomic E-state index is 0.0373. The van der Waals surface area contributed by atoms with E-state index in [4.69, 9.17) is 14.2 Å². The minimum atomic E-state index is -1.42. The van der Waals surface area contributed by atoms with Crippen molar-refractivity contribution in [2.45, 2.75) is 180 Å². The summed E-state index contributed by atoms with van der Waals surface area (Å²) in [5.41, 5.74) is 0.894. The van der Waals surface area contributed by atoms with Crippen molar-refractivity contribution in [2.24, 2.45) is 35.5 Å². The Bertz CT molecular complexity index is 2370. The smallest absolute Gasteiger partial charge is 0.337 e. The zero-order valence-electron chi connectivity index (χ0n) is 47.5. The van der Waals surface area contributed by atoms with Crippen LogP contribution in [0.15, 0.2) is 50.8 Å². The van der Waals surface area contributed by atoms with Crippen molar-refractivity contribution in [3.8, 4) is 17.2 Å². The first-order valence-electron chi connectivity index (χ1n) is 27.2. The molecule has 0 aliphatic heterocycles. The molecule has 0 aliphatic carbocycles. The number of carbonyl (C=O) groups is 3. The van der Waals surface area contributed by atoms with Gasteiger partial charge in [0.15, 0.2) is 0 Å². The van der Waals surface area contributed by atoms with Gasteiger partial charge in [-0.2, -0.15) is 0 Å². The Balaban J connectivity index is 2.43. The van der Waals surface area contributed by atoms with Gasteiger partial charge in [-0.15, -0.1) is 0 Å². The van der Waals surface area contributed by atoms with E-state index in [1.165, 1.54) is 0 Å². The van der Waals surface area contributed by atoms with Crippen LogP contribution in [0.2, 0.25) is 0 Å². The molecule has 0 saturated heterocycles. The van der Waals surface area contributed by atoms with Crippen LogP contribution in [-0.4, -0.2) is 66.7 Å². The summed E-state index contributed by atoms with van der Waals surface area (Å²) in [5, 5.41) is 35.3. The third-order valence-electron chi connectivity index (χ3n) is 13.0. The first-order valence-corrected chi connectivity index (χ1v) is 27.2. The fourth-order valence-corrected chi connectivity index (χ4v) is 9.69. The molecule has 75 heavy (non-hydrogen) atoms. The molecule has 1 aromatic heterocycles. The van der Waals surface area contributed by atoms with Gasteiger partial charge < -0.3 is 29.5 Å². The van der Waals surface area contributed by atoms with Gasteiger partial charge in [0.2, 0.25) is 0 Å². The molecular weight excluding hydrogens is 955 g/mol. The Morgan fingerprint density at radius 1 is 0.373 bits per heavy atom. The maximum atomic E-state index is 16.1. The summed E-state index contributed by atoms with van der Waals surface area (Å²) in [6, 6.07) is 5.92. The number of benzene rings is 3. The third kappa shape index (κ3) is 16.2. The maximum Gasteiger partial charge on any atom is 0.337 e. The van der Waals surface area contributed by atoms with Gasteiger partial charge in [0, 0.05) is 19.3 Å². The molecule has 0 aliphatic rings. The Morgan fingerprint density at radius 2 is 0.547 bits per heavy atom. The van der Waals surface area contributed by atoms with Crippen molar-refractivity contribution in [3.05, 3.63) is 118 Å². The van der Waals surface area contributed by atoms with E-state index in [9.17, 15) is 29.7 Å². The van der Waals surface area contributed by atoms with Crippen LogP contribution in [0.25, 0.3) is 0 Å². The third-order valence-corrected chi connectivity index (χ3v) is 13.0. The number of aromatic hydroxyl groups is 3. The van der Waals surface area contributed by atoms with Gasteiger partial charge in [-0.25, -0.2) is 28.1 Å². The summed E-state index contributed by atoms with van der Waals surface area (Å²) in [4.78, 5) is 87.9. The van der Waals surface area contributed by atoms with Crippen molar-refractivity contribution in [1.82, 2.24) is 13.7 Å². The van der Waals surface area contributed by atoms with Crippen molar-refractivity contribution in [1.29, 1.82) is 0 Å². The number of hydrogen-bond acceptors (Lipinski definition) is 12. The van der Waals surface area contributed by atoms with Gasteiger partial charge in [0.25, 0.3) is 0 Å². The molecule has 0 spiro atoms. The summed E-state index contributed by atoms with van der Waals surface area (Å²) < 4.78 is 20.3. The Hall–Kier alpha value is -6.12. The second-order valence-electron chi connectivity index (χ2n) is 22.8. The maximum absolute atomic E-state index is 16.1. The summed E-state index contributed by atoms with van der Waals surface area (Å²) in [6.45, 7) is 27.1. The molecule has 0 amide bonds. The van der Waals surface area contributed by atoms with Crippen molar-refractivity contribution >= 4 is 17.9 Å². The summed E-state index contributed by atoms with van der Waals surface area (Å²) >= 11 is 0. The van der Waals surface area contributed by atoms with Crippen molar-refractivity contribution < 1.29 is 43.9 Å². The van der Waals surface area contributed by atoms with E-state index in [-0.39, 0.29) is 72.0 Å². The second kappa shape index (κ2) is 27.6. The fourth-order valence-electron chi connectivity index (χ4n) is 9.69. The lowest BCUT2D eigenvalue weighted by atomic mass is 9.90. The highest BCUT2D eigenvalue weighted by atomic mass is 16.5. The summed E-state index contributed by atoms with van der Waals surface area (Å²) in [5.74, 6) is -1.30. The molecule has 3 aromatic carbocycles. The number of phenols is 3. The van der Waals surface area contributed by atoms with Gasteiger partial charge in [-0.1, -0.05) is 104 Å². The molecule has 0 bridgehead atoms. The van der Waals surface area contributed by atoms with Crippen LogP contribution in [0.4, 0.5) is 0 Å². The van der Waals surface area contributed by atoms with Crippen LogP contribution < -0.4 is 17.1 Å². The van der Waals surface area contributed by atoms with E-state index in [2.05, 4.69) is 0 Å². The van der Waals surface area contributed by atoms with E-state index in [0.717, 1.165) is 13.7 Å². The molecule has 3 unspecified atom stereocenters. The van der Waals surface area contributed by atoms with Crippen LogP contribution in [0.1, 0.15) is 191 Å². The number of esters is 3. The van der Waals surface area contributed by atoms with Gasteiger partial charge >= 0.3 is 35.0 Å². The SMILES string of the molecule is CCC(=O)OCC(c1cc(CC(C)C)c(O)c(CC(C)C)c1)n1c(=O)n(C(COC(=O)CC)c2cc(CC(C)C)c(O)c(CC(C)C)c2)c(=O)n(C(COC(=O)CC)c2cc(CC(C)C)c(O)c(CC(C)C)c2)c1=O. The summed E-state index contributed by atoms with van der Waals surface area (Å²) in [7, 11) is 0. The van der Waals surface area contributed by atoms with Gasteiger partial charge in [-0.05, 0) is 161 Å². The molecule has 0 fully saturated rings. The molecule has 3 N–H and O–H groups in total. The molecule has 4 rings (SSSR count). The molecule has 15 nitrogen and oxygen atoms in total. The first-order chi connectivity index (χ1) is 35.2. The Labute approximate surface area is 444 Å². The highest BCUT2D eigenvalue weighted by Crippen LogP contribution is 2.36. The number of nitrogens with zero attached hydrogens (tertiary/aromatic N) is 3. The summed E-state index contributed by atoms with van der Waals surface area (Å²) in [6.07, 6.45) is 2.37. The topological polar surface area (TPSA) is 206 Å². The predicted octanol–water partition coefficient (Wildman–Crippen LogP) is 10.1.